The first-order valence-corrected chi connectivity index (χ1v) is 5.12. The van der Waals surface area contributed by atoms with E-state index in [1.165, 1.54) is 6.07 Å². The Morgan fingerprint density at radius 2 is 1.92 bits per heavy atom. The van der Waals surface area contributed by atoms with Crippen LogP contribution in [0.15, 0.2) is 15.3 Å². The molecule has 1 heterocycles. The Bertz CT molecular complexity index is 528. The summed E-state index contributed by atoms with van der Waals surface area (Å²) < 4.78 is 5.31. The molecular weight excluding hydrogens is 255 g/mol. The summed E-state index contributed by atoms with van der Waals surface area (Å²) in [6, 6.07) is 1.45. The molecule has 0 aliphatic rings. The molecule has 0 unspecified atom stereocenters. The molecule has 0 bridgehead atoms. The molecule has 2 nitrogen and oxygen atoms in total. The van der Waals surface area contributed by atoms with Crippen molar-refractivity contribution in [2.75, 3.05) is 0 Å². The van der Waals surface area contributed by atoms with Gasteiger partial charge in [-0.25, -0.2) is 4.79 Å². The summed E-state index contributed by atoms with van der Waals surface area (Å²) in [6.07, 6.45) is 0. The highest BCUT2D eigenvalue weighted by atomic mass is 35.5. The summed E-state index contributed by atoms with van der Waals surface area (Å²) in [4.78, 5) is 10.5. The van der Waals surface area contributed by atoms with Crippen molar-refractivity contribution in [3.05, 3.63) is 30.9 Å². The fraction of sp³-hybridized carbons (Fsp3) is 0. The monoisotopic (exact) mass is 254 g/mol. The van der Waals surface area contributed by atoms with Gasteiger partial charge in [0.05, 0.1) is 19.8 Å². The molecule has 0 fully saturated rings. The summed E-state index contributed by atoms with van der Waals surface area (Å²) in [6.45, 7) is 0. The van der Waals surface area contributed by atoms with Crippen molar-refractivity contribution >= 4 is 56.4 Å². The molecule has 1 aromatic carbocycles. The van der Waals surface area contributed by atoms with Crippen molar-refractivity contribution in [1.82, 2.24) is 0 Å². The van der Waals surface area contributed by atoms with Gasteiger partial charge in [-0.3, -0.25) is 0 Å². The molecule has 0 saturated heterocycles. The first-order valence-electron chi connectivity index (χ1n) is 3.16. The van der Waals surface area contributed by atoms with Gasteiger partial charge in [0.1, 0.15) is 0 Å². The van der Waals surface area contributed by atoms with Crippen LogP contribution in [0.4, 0.5) is 0 Å². The molecule has 0 spiro atoms. The first-order chi connectivity index (χ1) is 6.09. The molecule has 2 rings (SSSR count). The van der Waals surface area contributed by atoms with E-state index in [0.29, 0.717) is 25.4 Å². The number of hydrogen-bond donors (Lipinski definition) is 0. The third-order valence-corrected chi connectivity index (χ3v) is 3.48. The molecular formula is C7HCl3O2S. The average molecular weight is 256 g/mol. The van der Waals surface area contributed by atoms with E-state index in [9.17, 15) is 4.79 Å². The minimum Gasteiger partial charge on any atom is -0.412 e. The molecule has 13 heavy (non-hydrogen) atoms. The van der Waals surface area contributed by atoms with E-state index in [2.05, 4.69) is 0 Å². The molecule has 0 atom stereocenters. The smallest absolute Gasteiger partial charge is 0.396 e. The van der Waals surface area contributed by atoms with Gasteiger partial charge in [-0.05, 0) is 6.07 Å². The lowest BCUT2D eigenvalue weighted by molar-refractivity contribution is 0.585. The maximum absolute atomic E-state index is 10.9. The Morgan fingerprint density at radius 3 is 2.62 bits per heavy atom. The van der Waals surface area contributed by atoms with Crippen molar-refractivity contribution in [2.45, 2.75) is 0 Å². The van der Waals surface area contributed by atoms with Crippen molar-refractivity contribution in [3.63, 3.8) is 0 Å². The van der Waals surface area contributed by atoms with Crippen molar-refractivity contribution in [2.24, 2.45) is 0 Å². The number of benzene rings is 1. The van der Waals surface area contributed by atoms with Crippen LogP contribution in [-0.4, -0.2) is 0 Å². The topological polar surface area (TPSA) is 30.2 Å². The van der Waals surface area contributed by atoms with Crippen LogP contribution in [0.1, 0.15) is 0 Å². The molecule has 0 radical (unpaired) electrons. The van der Waals surface area contributed by atoms with Gasteiger partial charge in [-0.2, -0.15) is 0 Å². The quantitative estimate of drug-likeness (QED) is 0.670. The molecule has 0 saturated carbocycles. The Morgan fingerprint density at radius 1 is 1.23 bits per heavy atom. The van der Waals surface area contributed by atoms with Gasteiger partial charge in [0.15, 0.2) is 5.58 Å². The number of halogens is 3. The number of rotatable bonds is 0. The van der Waals surface area contributed by atoms with Gasteiger partial charge in [0.2, 0.25) is 0 Å². The van der Waals surface area contributed by atoms with Gasteiger partial charge in [0, 0.05) is 0 Å². The van der Waals surface area contributed by atoms with E-state index >= 15 is 0 Å². The van der Waals surface area contributed by atoms with E-state index in [1.54, 1.807) is 0 Å². The first kappa shape index (κ1) is 9.34. The minimum absolute atomic E-state index is 0.294. The zero-order chi connectivity index (χ0) is 9.59. The van der Waals surface area contributed by atoms with Gasteiger partial charge < -0.3 is 4.42 Å². The van der Waals surface area contributed by atoms with Gasteiger partial charge in [-0.15, -0.1) is 0 Å². The van der Waals surface area contributed by atoms with Gasteiger partial charge >= 0.3 is 4.94 Å². The molecule has 6 heteroatoms. The fourth-order valence-corrected chi connectivity index (χ4v) is 2.54. The Balaban J connectivity index is 3.04. The van der Waals surface area contributed by atoms with E-state index < -0.39 is 4.94 Å². The molecule has 68 valence electrons. The van der Waals surface area contributed by atoms with Crippen LogP contribution in [0.2, 0.25) is 15.1 Å². The van der Waals surface area contributed by atoms with Crippen LogP contribution in [-0.2, 0) is 0 Å². The zero-order valence-corrected chi connectivity index (χ0v) is 9.02. The highest BCUT2D eigenvalue weighted by Crippen LogP contribution is 2.37. The summed E-state index contributed by atoms with van der Waals surface area (Å²) in [7, 11) is 0. The van der Waals surface area contributed by atoms with Crippen molar-refractivity contribution < 1.29 is 4.42 Å². The summed E-state index contributed by atoms with van der Waals surface area (Å²) in [5.74, 6) is 0. The van der Waals surface area contributed by atoms with Crippen LogP contribution in [0.3, 0.4) is 0 Å². The summed E-state index contributed by atoms with van der Waals surface area (Å²) >= 11 is 18.2. The number of hydrogen-bond acceptors (Lipinski definition) is 3. The predicted octanol–water partition coefficient (Wildman–Crippen LogP) is 3.81. The van der Waals surface area contributed by atoms with Crippen LogP contribution in [0, 0.1) is 0 Å². The second-order valence-electron chi connectivity index (χ2n) is 2.27. The second kappa shape index (κ2) is 3.17. The maximum Gasteiger partial charge on any atom is 0.396 e. The largest absolute Gasteiger partial charge is 0.412 e. The highest BCUT2D eigenvalue weighted by Gasteiger charge is 2.13. The van der Waals surface area contributed by atoms with Crippen LogP contribution >= 0.6 is 46.1 Å². The minimum atomic E-state index is -0.443. The second-order valence-corrected chi connectivity index (χ2v) is 4.40. The molecule has 0 amide bonds. The van der Waals surface area contributed by atoms with E-state index in [1.807, 2.05) is 0 Å². The van der Waals surface area contributed by atoms with Crippen LogP contribution < -0.4 is 4.94 Å². The Labute approximate surface area is 91.6 Å². The Hall–Kier alpha value is -0.220. The molecule has 0 N–H and O–H groups in total. The standard InChI is InChI=1S/C7HCl3O2S/c8-2-1-3(9)5-6(4(2)10)13-7(11)12-5/h1H. The normalized spacial score (nSPS) is 11.0. The average Bonchev–Trinajstić information content (AvgIpc) is 2.44. The molecule has 0 aliphatic carbocycles. The van der Waals surface area contributed by atoms with Gasteiger partial charge in [0.25, 0.3) is 0 Å². The molecule has 1 aromatic heterocycles. The SMILES string of the molecule is O=c1oc2c(Cl)cc(Cl)c(Cl)c2s1. The lowest BCUT2D eigenvalue weighted by atomic mass is 10.3. The predicted molar refractivity (Wildman–Crippen MR) is 55.4 cm³/mol. The molecule has 2 aromatic rings. The third-order valence-electron chi connectivity index (χ3n) is 1.46. The fourth-order valence-electron chi connectivity index (χ4n) is 0.931. The van der Waals surface area contributed by atoms with E-state index in [4.69, 9.17) is 39.2 Å². The van der Waals surface area contributed by atoms with E-state index in [0.717, 1.165) is 11.3 Å². The van der Waals surface area contributed by atoms with Crippen LogP contribution in [0.25, 0.3) is 10.3 Å². The van der Waals surface area contributed by atoms with Gasteiger partial charge in [-0.1, -0.05) is 46.1 Å². The lowest BCUT2D eigenvalue weighted by Gasteiger charge is -1.96. The summed E-state index contributed by atoms with van der Waals surface area (Å²) in [5.41, 5.74) is 0.297. The van der Waals surface area contributed by atoms with E-state index in [-0.39, 0.29) is 0 Å². The maximum atomic E-state index is 10.9. The van der Waals surface area contributed by atoms with Crippen molar-refractivity contribution in [3.8, 4) is 0 Å². The third kappa shape index (κ3) is 1.46. The Kier molecular flexibility index (Phi) is 2.28. The zero-order valence-electron chi connectivity index (χ0n) is 5.94. The van der Waals surface area contributed by atoms with Crippen molar-refractivity contribution in [1.29, 1.82) is 0 Å². The lowest BCUT2D eigenvalue weighted by Crippen LogP contribution is -1.79. The summed E-state index contributed by atoms with van der Waals surface area (Å²) in [5, 5.41) is 0.913. The number of fused-ring (bicyclic) bond motifs is 1. The highest BCUT2D eigenvalue weighted by molar-refractivity contribution is 7.17. The molecule has 0 aliphatic heterocycles. The van der Waals surface area contributed by atoms with Crippen LogP contribution in [0.5, 0.6) is 0 Å².